The van der Waals surface area contributed by atoms with E-state index < -0.39 is 0 Å². The van der Waals surface area contributed by atoms with Crippen LogP contribution in [-0.2, 0) is 12.8 Å². The summed E-state index contributed by atoms with van der Waals surface area (Å²) in [5.41, 5.74) is 3.04. The summed E-state index contributed by atoms with van der Waals surface area (Å²) in [5.74, 6) is 0.997. The first-order valence-corrected chi connectivity index (χ1v) is 6.45. The number of thioether (sulfide) groups is 1. The molecule has 1 N–H and O–H groups in total. The lowest BCUT2D eigenvalue weighted by atomic mass is 10.0. The minimum Gasteiger partial charge on any atom is -0.316 e. The monoisotopic (exact) mass is 219 g/mol. The van der Waals surface area contributed by atoms with Gasteiger partial charge in [-0.1, -0.05) is 12.1 Å². The molecule has 80 valence electrons. The van der Waals surface area contributed by atoms with Crippen LogP contribution in [0.2, 0.25) is 0 Å². The molecule has 0 spiro atoms. The highest BCUT2D eigenvalue weighted by molar-refractivity contribution is 7.99. The van der Waals surface area contributed by atoms with Crippen molar-refractivity contribution in [3.8, 4) is 0 Å². The maximum Gasteiger partial charge on any atom is 0.0158 e. The molecule has 1 aliphatic heterocycles. The maximum absolute atomic E-state index is 3.75. The molecule has 0 aromatic heterocycles. The van der Waals surface area contributed by atoms with Gasteiger partial charge in [0.2, 0.25) is 0 Å². The third-order valence-electron chi connectivity index (χ3n) is 2.69. The van der Waals surface area contributed by atoms with Crippen LogP contribution < -0.4 is 5.32 Å². The summed E-state index contributed by atoms with van der Waals surface area (Å²) >= 11 is 1.86. The van der Waals surface area contributed by atoms with Crippen molar-refractivity contribution in [1.29, 1.82) is 0 Å². The highest BCUT2D eigenvalue weighted by atomic mass is 32.2. The van der Waals surface area contributed by atoms with E-state index >= 15 is 0 Å². The van der Waals surface area contributed by atoms with Crippen molar-refractivity contribution in [2.45, 2.75) is 17.7 Å². The second-order valence-corrected chi connectivity index (χ2v) is 4.87. The molecule has 2 heteroatoms. The molecule has 2 rings (SSSR count). The summed E-state index contributed by atoms with van der Waals surface area (Å²) in [4.78, 5) is 1.37. The highest BCUT2D eigenvalue weighted by Crippen LogP contribution is 2.23. The lowest BCUT2D eigenvalue weighted by Crippen LogP contribution is -2.16. The molecule has 0 saturated heterocycles. The molecule has 1 heterocycles. The molecular weight excluding hydrogens is 202 g/mol. The predicted octanol–water partition coefficient (Wildman–Crippen LogP) is 2.65. The Hall–Kier alpha value is -0.730. The average Bonchev–Trinajstić information content (AvgIpc) is 2.50. The summed E-state index contributed by atoms with van der Waals surface area (Å²) in [7, 11) is 0. The quantitative estimate of drug-likeness (QED) is 0.619. The van der Waals surface area contributed by atoms with Crippen LogP contribution in [0.15, 0.2) is 35.7 Å². The van der Waals surface area contributed by atoms with Crippen LogP contribution in [0.1, 0.15) is 11.1 Å². The van der Waals surface area contributed by atoms with Crippen molar-refractivity contribution in [2.75, 3.05) is 18.8 Å². The van der Waals surface area contributed by atoms with Gasteiger partial charge in [0.25, 0.3) is 0 Å². The van der Waals surface area contributed by atoms with Crippen molar-refractivity contribution in [3.63, 3.8) is 0 Å². The minimum atomic E-state index is 0.997. The first kappa shape index (κ1) is 10.8. The highest BCUT2D eigenvalue weighted by Gasteiger charge is 2.07. The predicted molar refractivity (Wildman–Crippen MR) is 67.6 cm³/mol. The van der Waals surface area contributed by atoms with Gasteiger partial charge in [0.05, 0.1) is 0 Å². The van der Waals surface area contributed by atoms with Gasteiger partial charge in [0.15, 0.2) is 0 Å². The first-order chi connectivity index (χ1) is 7.40. The second-order valence-electron chi connectivity index (χ2n) is 3.78. The van der Waals surface area contributed by atoms with Gasteiger partial charge in [-0.05, 0) is 49.2 Å². The molecule has 0 unspecified atom stereocenters. The molecule has 0 fully saturated rings. The molecule has 15 heavy (non-hydrogen) atoms. The van der Waals surface area contributed by atoms with Gasteiger partial charge in [-0.2, -0.15) is 0 Å². The van der Waals surface area contributed by atoms with E-state index in [0.717, 1.165) is 25.3 Å². The molecule has 0 saturated carbocycles. The standard InChI is InChI=1S/C13H17NS/c1-2-9-15-13-4-3-11-5-7-14-8-6-12(11)10-13/h2-4,10,14H,1,5-9H2. The van der Waals surface area contributed by atoms with Crippen molar-refractivity contribution in [2.24, 2.45) is 0 Å². The molecule has 0 aliphatic carbocycles. The summed E-state index contributed by atoms with van der Waals surface area (Å²) in [6.07, 6.45) is 4.29. The van der Waals surface area contributed by atoms with E-state index in [9.17, 15) is 0 Å². The van der Waals surface area contributed by atoms with E-state index in [1.54, 1.807) is 0 Å². The van der Waals surface area contributed by atoms with E-state index in [-0.39, 0.29) is 0 Å². The Kier molecular flexibility index (Phi) is 3.87. The van der Waals surface area contributed by atoms with E-state index in [0.29, 0.717) is 0 Å². The van der Waals surface area contributed by atoms with Gasteiger partial charge in [-0.25, -0.2) is 0 Å². The van der Waals surface area contributed by atoms with E-state index in [2.05, 4.69) is 30.1 Å². The lowest BCUT2D eigenvalue weighted by molar-refractivity contribution is 0.711. The fraction of sp³-hybridized carbons (Fsp3) is 0.385. The SMILES string of the molecule is C=CCSc1ccc2c(c1)CCNCC2. The molecule has 0 atom stereocenters. The lowest BCUT2D eigenvalue weighted by Gasteiger charge is -2.07. The Labute approximate surface area is 96.0 Å². The summed E-state index contributed by atoms with van der Waals surface area (Å²) in [5, 5.41) is 3.43. The van der Waals surface area contributed by atoms with Crippen molar-refractivity contribution < 1.29 is 0 Å². The van der Waals surface area contributed by atoms with Gasteiger partial charge in [0.1, 0.15) is 0 Å². The molecular formula is C13H17NS. The van der Waals surface area contributed by atoms with Gasteiger partial charge in [-0.15, -0.1) is 18.3 Å². The zero-order chi connectivity index (χ0) is 10.5. The number of nitrogens with one attached hydrogen (secondary N) is 1. The normalized spacial score (nSPS) is 15.5. The topological polar surface area (TPSA) is 12.0 Å². The minimum absolute atomic E-state index is 0.997. The van der Waals surface area contributed by atoms with Gasteiger partial charge in [-0.3, -0.25) is 0 Å². The van der Waals surface area contributed by atoms with Crippen LogP contribution in [0.4, 0.5) is 0 Å². The van der Waals surface area contributed by atoms with Crippen LogP contribution in [0.5, 0.6) is 0 Å². The van der Waals surface area contributed by atoms with E-state index in [4.69, 9.17) is 0 Å². The molecule has 0 radical (unpaired) electrons. The Morgan fingerprint density at radius 1 is 1.27 bits per heavy atom. The van der Waals surface area contributed by atoms with Crippen LogP contribution in [0.3, 0.4) is 0 Å². The molecule has 1 aromatic rings. The van der Waals surface area contributed by atoms with Crippen LogP contribution >= 0.6 is 11.8 Å². The average molecular weight is 219 g/mol. The van der Waals surface area contributed by atoms with Gasteiger partial charge >= 0.3 is 0 Å². The van der Waals surface area contributed by atoms with Crippen LogP contribution in [0, 0.1) is 0 Å². The zero-order valence-corrected chi connectivity index (χ0v) is 9.78. The van der Waals surface area contributed by atoms with Crippen molar-refractivity contribution in [1.82, 2.24) is 5.32 Å². The van der Waals surface area contributed by atoms with Crippen LogP contribution in [-0.4, -0.2) is 18.8 Å². The molecule has 0 amide bonds. The van der Waals surface area contributed by atoms with Crippen molar-refractivity contribution >= 4 is 11.8 Å². The fourth-order valence-electron chi connectivity index (χ4n) is 1.89. The third-order valence-corrected chi connectivity index (χ3v) is 3.68. The smallest absolute Gasteiger partial charge is 0.0158 e. The summed E-state index contributed by atoms with van der Waals surface area (Å²) in [6.45, 7) is 5.98. The zero-order valence-electron chi connectivity index (χ0n) is 8.96. The molecule has 0 bridgehead atoms. The Morgan fingerprint density at radius 2 is 2.07 bits per heavy atom. The largest absolute Gasteiger partial charge is 0.316 e. The Bertz CT molecular complexity index is 346. The number of hydrogen-bond donors (Lipinski definition) is 1. The second kappa shape index (κ2) is 5.38. The molecule has 1 aliphatic rings. The fourth-order valence-corrected chi connectivity index (χ4v) is 2.60. The summed E-state index contributed by atoms with van der Waals surface area (Å²) < 4.78 is 0. The summed E-state index contributed by atoms with van der Waals surface area (Å²) in [6, 6.07) is 6.86. The van der Waals surface area contributed by atoms with Crippen LogP contribution in [0.25, 0.3) is 0 Å². The maximum atomic E-state index is 3.75. The number of hydrogen-bond acceptors (Lipinski definition) is 2. The van der Waals surface area contributed by atoms with E-state index in [1.807, 2.05) is 17.8 Å². The Balaban J connectivity index is 2.16. The van der Waals surface area contributed by atoms with Gasteiger partial charge in [0, 0.05) is 10.6 Å². The number of fused-ring (bicyclic) bond motifs is 1. The first-order valence-electron chi connectivity index (χ1n) is 5.46. The molecule has 1 nitrogen and oxygen atoms in total. The molecule has 1 aromatic carbocycles. The number of rotatable bonds is 3. The third kappa shape index (κ3) is 2.86. The van der Waals surface area contributed by atoms with Crippen molar-refractivity contribution in [3.05, 3.63) is 42.0 Å². The van der Waals surface area contributed by atoms with E-state index in [1.165, 1.54) is 22.4 Å². The Morgan fingerprint density at radius 3 is 2.87 bits per heavy atom. The number of benzene rings is 1. The van der Waals surface area contributed by atoms with Gasteiger partial charge < -0.3 is 5.32 Å².